The Balaban J connectivity index is 5.58. The predicted molar refractivity (Wildman–Crippen MR) is 294 cm³/mol. The number of halogens is 1. The molecule has 0 rings (SSSR count). The Hall–Kier alpha value is 2.78. The quantitative estimate of drug-likeness (QED) is 0.0353. The van der Waals surface area contributed by atoms with Gasteiger partial charge in [-0.2, -0.15) is 0 Å². The van der Waals surface area contributed by atoms with Gasteiger partial charge in [-0.1, -0.05) is 35.7 Å². The monoisotopic (exact) mass is 1170 g/mol. The van der Waals surface area contributed by atoms with Crippen LogP contribution in [0.1, 0.15) is 26.2 Å². The summed E-state index contributed by atoms with van der Waals surface area (Å²) in [5.41, 5.74) is 0. The van der Waals surface area contributed by atoms with Gasteiger partial charge in [-0.15, -0.1) is 0 Å². The van der Waals surface area contributed by atoms with Crippen LogP contribution in [0.5, 0.6) is 0 Å². The van der Waals surface area contributed by atoms with Gasteiger partial charge in [-0.05, 0) is 189 Å². The normalized spacial score (nSPS) is 15.5. The molecule has 0 N–H and O–H groups in total. The van der Waals surface area contributed by atoms with Gasteiger partial charge in [0.05, 0.1) is 6.61 Å². The molecule has 0 aliphatic heterocycles. The van der Waals surface area contributed by atoms with Crippen molar-refractivity contribution in [2.45, 2.75) is 208 Å². The number of hydrogen-bond acceptors (Lipinski definition) is 13. The highest BCUT2D eigenvalue weighted by atomic mass is 79.9. The first kappa shape index (κ1) is 64.8. The van der Waals surface area contributed by atoms with Gasteiger partial charge in [0, 0.05) is 11.9 Å². The predicted octanol–water partition coefficient (Wildman–Crippen LogP) is 12.9. The summed E-state index contributed by atoms with van der Waals surface area (Å²) in [5, 5.41) is 0.853. The van der Waals surface area contributed by atoms with Crippen LogP contribution in [0.3, 0.4) is 0 Å². The number of unbranched alkanes of at least 4 members (excludes halogenated alkanes) is 1. The van der Waals surface area contributed by atoms with Crippen LogP contribution in [-0.4, -0.2) is 129 Å². The Bertz CT molecular complexity index is 1350. The van der Waals surface area contributed by atoms with E-state index in [0.29, 0.717) is 0 Å². The molecule has 0 aliphatic carbocycles. The molecule has 62 heavy (non-hydrogen) atoms. The molecule has 0 unspecified atom stereocenters. The summed E-state index contributed by atoms with van der Waals surface area (Å²) in [6.07, 6.45) is 3.35. The van der Waals surface area contributed by atoms with Crippen LogP contribution in [-0.2, 0) is 54.1 Å². The van der Waals surface area contributed by atoms with Crippen molar-refractivity contribution >= 4 is 127 Å². The topological polar surface area (TPSA) is 120 Å². The minimum Gasteiger partial charge on any atom is -0.436 e. The van der Waals surface area contributed by atoms with Crippen LogP contribution < -0.4 is 0 Å². The zero-order valence-electron chi connectivity index (χ0n) is 44.8. The van der Waals surface area contributed by atoms with E-state index in [4.69, 9.17) is 54.1 Å². The van der Waals surface area contributed by atoms with E-state index in [2.05, 4.69) is 193 Å². The maximum atomic E-state index is 6.88. The lowest BCUT2D eigenvalue weighted by molar-refractivity contribution is 0.150. The molecular formula is C35H97BrO13Si13. The first-order valence-corrected chi connectivity index (χ1v) is 61.0. The van der Waals surface area contributed by atoms with E-state index >= 15 is 0 Å². The van der Waals surface area contributed by atoms with Crippen molar-refractivity contribution in [1.82, 2.24) is 0 Å². The molecule has 0 heterocycles. The smallest absolute Gasteiger partial charge is 0.314 e. The molecule has 27 heteroatoms. The average Bonchev–Trinajstić information content (AvgIpc) is 2.87. The lowest BCUT2D eigenvalue weighted by Gasteiger charge is -2.45. The summed E-state index contributed by atoms with van der Waals surface area (Å²) in [5.74, 6) is 0. The summed E-state index contributed by atoms with van der Waals surface area (Å²) in [4.78, 5) is 0. The van der Waals surface area contributed by atoms with Crippen LogP contribution >= 0.6 is 15.9 Å². The highest BCUT2D eigenvalue weighted by molar-refractivity contribution is 9.09. The summed E-state index contributed by atoms with van der Waals surface area (Å²) >= 11 is 3.42. The van der Waals surface area contributed by atoms with Gasteiger partial charge < -0.3 is 54.1 Å². The van der Waals surface area contributed by atoms with Crippen LogP contribution in [0.2, 0.25) is 182 Å². The third-order valence-corrected chi connectivity index (χ3v) is 59.5. The molecular weight excluding hydrogens is 1070 g/mol. The van der Waals surface area contributed by atoms with Crippen LogP contribution in [0.25, 0.3) is 0 Å². The Morgan fingerprint density at radius 1 is 0.274 bits per heavy atom. The summed E-state index contributed by atoms with van der Waals surface area (Å²) < 4.78 is 87.7. The van der Waals surface area contributed by atoms with E-state index < -0.39 is 111 Å². The van der Waals surface area contributed by atoms with Crippen molar-refractivity contribution in [3.05, 3.63) is 0 Å². The lowest BCUT2D eigenvalue weighted by atomic mass is 10.4. The maximum absolute atomic E-state index is 6.88. The SMILES string of the molecule is CCCC[Si](C)(C)O[Si](C)(C)O[Si](C)(C)O[Si](C)(C)O[Si](C)(C)O[Si](C)(C)O[Si](C)(C)O[Si](C)(C)O[Si](C)(C)O[Si](C)(C)O[Si](C)(C)O[Si](C)(C)O[Si](C)(C)CCCOCCBr. The third kappa shape index (κ3) is 31.1. The lowest BCUT2D eigenvalue weighted by Crippen LogP contribution is -2.63. The van der Waals surface area contributed by atoms with E-state index in [1.165, 1.54) is 12.8 Å². The van der Waals surface area contributed by atoms with Gasteiger partial charge in [0.25, 0.3) is 0 Å². The van der Waals surface area contributed by atoms with E-state index in [1.807, 2.05) is 0 Å². The van der Waals surface area contributed by atoms with Gasteiger partial charge in [0.1, 0.15) is 0 Å². The molecule has 0 aliphatic rings. The number of hydrogen-bond donors (Lipinski definition) is 0. The standard InChI is InChI=1S/C35H97BrO13Si13/c1-28-29-34-50(2,3)38-52(6,7)40-54(10,11)42-56(14,15)44-58(18,19)46-60(22,23)48-62(26,27)49-61(24,25)47-59(20,21)45-57(16,17)43-55(12,13)41-53(8,9)39-51(4,5)35-30-32-37-33-31-36/h28-35H2,1-27H3. The van der Waals surface area contributed by atoms with Gasteiger partial charge in [0.2, 0.25) is 0 Å². The highest BCUT2D eigenvalue weighted by Crippen LogP contribution is 2.33. The Labute approximate surface area is 404 Å². The van der Waals surface area contributed by atoms with Crippen LogP contribution in [0, 0.1) is 0 Å². The summed E-state index contributed by atoms with van der Waals surface area (Å²) in [6, 6.07) is 2.16. The molecule has 0 fully saturated rings. The van der Waals surface area contributed by atoms with Crippen molar-refractivity contribution in [2.24, 2.45) is 0 Å². The van der Waals surface area contributed by atoms with Gasteiger partial charge in [0.15, 0.2) is 16.6 Å². The fourth-order valence-corrected chi connectivity index (χ4v) is 76.1. The first-order valence-electron chi connectivity index (χ1n) is 22.7. The zero-order chi connectivity index (χ0) is 49.3. The van der Waals surface area contributed by atoms with E-state index in [-0.39, 0.29) is 0 Å². The van der Waals surface area contributed by atoms with Gasteiger partial charge >= 0.3 is 94.2 Å². The molecule has 374 valence electrons. The van der Waals surface area contributed by atoms with E-state index in [1.54, 1.807) is 0 Å². The Morgan fingerprint density at radius 3 is 0.661 bits per heavy atom. The molecule has 0 bridgehead atoms. The third-order valence-electron chi connectivity index (χ3n) is 8.38. The second kappa shape index (κ2) is 24.3. The molecule has 0 saturated heterocycles. The van der Waals surface area contributed by atoms with Gasteiger partial charge in [-0.25, -0.2) is 0 Å². The number of ether oxygens (including phenoxy) is 1. The first-order chi connectivity index (χ1) is 27.1. The molecule has 0 amide bonds. The summed E-state index contributed by atoms with van der Waals surface area (Å²) in [6.45, 7) is 58.9. The minimum absolute atomic E-state index is 0.728. The molecule has 0 aromatic heterocycles. The molecule has 0 aromatic rings. The molecule has 0 saturated carbocycles. The Morgan fingerprint density at radius 2 is 0.468 bits per heavy atom. The highest BCUT2D eigenvalue weighted by Gasteiger charge is 2.52. The second-order valence-electron chi connectivity index (χ2n) is 22.7. The van der Waals surface area contributed by atoms with E-state index in [9.17, 15) is 0 Å². The zero-order valence-corrected chi connectivity index (χ0v) is 59.4. The molecule has 0 aromatic carbocycles. The number of alkyl halides is 1. The minimum atomic E-state index is -2.76. The van der Waals surface area contributed by atoms with Gasteiger partial charge in [-0.3, -0.25) is 0 Å². The van der Waals surface area contributed by atoms with Crippen molar-refractivity contribution in [1.29, 1.82) is 0 Å². The second-order valence-corrected chi connectivity index (χ2v) is 72.1. The van der Waals surface area contributed by atoms with Crippen molar-refractivity contribution in [2.75, 3.05) is 18.5 Å². The fraction of sp³-hybridized carbons (Fsp3) is 1.00. The van der Waals surface area contributed by atoms with Crippen molar-refractivity contribution in [3.63, 3.8) is 0 Å². The number of rotatable bonds is 33. The van der Waals surface area contributed by atoms with E-state index in [0.717, 1.165) is 37.1 Å². The Kier molecular flexibility index (Phi) is 25.4. The van der Waals surface area contributed by atoms with Crippen molar-refractivity contribution < 1.29 is 54.1 Å². The molecule has 0 atom stereocenters. The molecule has 0 spiro atoms. The maximum Gasteiger partial charge on any atom is 0.314 e. The van der Waals surface area contributed by atoms with Crippen molar-refractivity contribution in [3.8, 4) is 0 Å². The molecule has 13 nitrogen and oxygen atoms in total. The van der Waals surface area contributed by atoms with Crippen LogP contribution in [0.4, 0.5) is 0 Å². The van der Waals surface area contributed by atoms with Crippen LogP contribution in [0.15, 0.2) is 0 Å². The fourth-order valence-electron chi connectivity index (χ4n) is 8.94. The summed E-state index contributed by atoms with van der Waals surface area (Å²) in [7, 11) is -33.1. The molecule has 0 radical (unpaired) electrons. The average molecular weight is 1170 g/mol. The largest absolute Gasteiger partial charge is 0.436 e.